The maximum atomic E-state index is 12.5. The van der Waals surface area contributed by atoms with E-state index in [1.807, 2.05) is 36.2 Å². The van der Waals surface area contributed by atoms with Crippen molar-refractivity contribution in [1.82, 2.24) is 4.90 Å². The lowest BCUT2D eigenvalue weighted by molar-refractivity contribution is -0.136. The highest BCUT2D eigenvalue weighted by molar-refractivity contribution is 5.78. The first-order chi connectivity index (χ1) is 10.1. The van der Waals surface area contributed by atoms with E-state index in [4.69, 9.17) is 10.5 Å². The van der Waals surface area contributed by atoms with Gasteiger partial charge in [-0.2, -0.15) is 0 Å². The second kappa shape index (κ2) is 7.46. The first kappa shape index (κ1) is 15.8. The minimum atomic E-state index is 0.170. The quantitative estimate of drug-likeness (QED) is 0.906. The molecule has 1 saturated carbocycles. The van der Waals surface area contributed by atoms with E-state index in [1.165, 1.54) is 0 Å². The molecule has 21 heavy (non-hydrogen) atoms. The summed E-state index contributed by atoms with van der Waals surface area (Å²) in [4.78, 5) is 14.4. The van der Waals surface area contributed by atoms with Crippen LogP contribution in [0, 0.1) is 11.8 Å². The van der Waals surface area contributed by atoms with E-state index >= 15 is 0 Å². The number of nitrogens with zero attached hydrogens (tertiary/aromatic N) is 1. The van der Waals surface area contributed by atoms with Crippen LogP contribution in [0.3, 0.4) is 0 Å². The second-order valence-corrected chi connectivity index (χ2v) is 6.00. The zero-order valence-electron chi connectivity index (χ0n) is 13.0. The fourth-order valence-corrected chi connectivity index (χ4v) is 3.08. The Balaban J connectivity index is 1.90. The molecule has 0 atom stereocenters. The maximum absolute atomic E-state index is 12.5. The first-order valence-corrected chi connectivity index (χ1v) is 7.72. The fraction of sp³-hybridized carbons (Fsp3) is 0.588. The molecule has 0 saturated heterocycles. The van der Waals surface area contributed by atoms with Gasteiger partial charge in [0, 0.05) is 19.5 Å². The van der Waals surface area contributed by atoms with Gasteiger partial charge in [-0.25, -0.2) is 0 Å². The number of benzene rings is 1. The number of ether oxygens (including phenoxy) is 1. The highest BCUT2D eigenvalue weighted by Crippen LogP contribution is 2.29. The minimum absolute atomic E-state index is 0.170. The van der Waals surface area contributed by atoms with E-state index in [1.54, 1.807) is 7.11 Å². The molecule has 1 aliphatic rings. The van der Waals surface area contributed by atoms with E-state index in [2.05, 4.69) is 0 Å². The lowest BCUT2D eigenvalue weighted by Crippen LogP contribution is -2.35. The summed E-state index contributed by atoms with van der Waals surface area (Å²) >= 11 is 0. The van der Waals surface area contributed by atoms with Crippen LogP contribution in [0.4, 0.5) is 0 Å². The monoisotopic (exact) mass is 290 g/mol. The summed E-state index contributed by atoms with van der Waals surface area (Å²) in [6.45, 7) is 1.38. The Bertz CT molecular complexity index is 468. The van der Waals surface area contributed by atoms with Gasteiger partial charge >= 0.3 is 0 Å². The number of amides is 1. The van der Waals surface area contributed by atoms with E-state index in [-0.39, 0.29) is 11.8 Å². The molecule has 1 amide bonds. The molecule has 1 aliphatic carbocycles. The predicted molar refractivity (Wildman–Crippen MR) is 84.0 cm³/mol. The van der Waals surface area contributed by atoms with Crippen molar-refractivity contribution in [3.63, 3.8) is 0 Å². The molecule has 4 nitrogen and oxygen atoms in total. The Morgan fingerprint density at radius 2 is 2.05 bits per heavy atom. The summed E-state index contributed by atoms with van der Waals surface area (Å²) in [6, 6.07) is 7.88. The average Bonchev–Trinajstić information content (AvgIpc) is 2.54. The van der Waals surface area contributed by atoms with Crippen molar-refractivity contribution in [2.24, 2.45) is 17.6 Å². The molecule has 0 radical (unpaired) electrons. The van der Waals surface area contributed by atoms with E-state index in [0.29, 0.717) is 12.5 Å². The molecule has 0 aromatic heterocycles. The number of hydrogen-bond donors (Lipinski definition) is 1. The van der Waals surface area contributed by atoms with Crippen molar-refractivity contribution in [3.8, 4) is 5.75 Å². The third kappa shape index (κ3) is 4.21. The maximum Gasteiger partial charge on any atom is 0.225 e. The van der Waals surface area contributed by atoms with Crippen LogP contribution in [0.5, 0.6) is 5.75 Å². The highest BCUT2D eigenvalue weighted by Gasteiger charge is 2.27. The molecule has 0 bridgehead atoms. The Labute approximate surface area is 127 Å². The SMILES string of the molecule is COc1cccc(CN(C)C(=O)C2CCC(CN)CC2)c1. The molecule has 0 heterocycles. The lowest BCUT2D eigenvalue weighted by Gasteiger charge is -2.30. The third-order valence-electron chi connectivity index (χ3n) is 4.46. The number of carbonyl (C=O) groups is 1. The molecule has 1 aromatic rings. The summed E-state index contributed by atoms with van der Waals surface area (Å²) in [7, 11) is 3.54. The lowest BCUT2D eigenvalue weighted by atomic mass is 9.81. The van der Waals surface area contributed by atoms with Crippen LogP contribution in [0.1, 0.15) is 31.2 Å². The normalized spacial score (nSPS) is 21.9. The Hall–Kier alpha value is -1.55. The zero-order valence-corrected chi connectivity index (χ0v) is 13.0. The third-order valence-corrected chi connectivity index (χ3v) is 4.46. The van der Waals surface area contributed by atoms with E-state index in [9.17, 15) is 4.79 Å². The molecule has 0 unspecified atom stereocenters. The number of rotatable bonds is 5. The number of nitrogens with two attached hydrogens (primary N) is 1. The highest BCUT2D eigenvalue weighted by atomic mass is 16.5. The van der Waals surface area contributed by atoms with Gasteiger partial charge in [0.15, 0.2) is 0 Å². The van der Waals surface area contributed by atoms with Gasteiger partial charge in [-0.3, -0.25) is 4.79 Å². The molecule has 2 rings (SSSR count). The van der Waals surface area contributed by atoms with Gasteiger partial charge in [-0.1, -0.05) is 12.1 Å². The van der Waals surface area contributed by atoms with Crippen LogP contribution in [-0.2, 0) is 11.3 Å². The second-order valence-electron chi connectivity index (χ2n) is 6.00. The van der Waals surface area contributed by atoms with Gasteiger partial charge in [0.2, 0.25) is 5.91 Å². The van der Waals surface area contributed by atoms with Gasteiger partial charge in [-0.05, 0) is 55.8 Å². The zero-order chi connectivity index (χ0) is 15.2. The molecule has 0 spiro atoms. The van der Waals surface area contributed by atoms with Gasteiger partial charge in [-0.15, -0.1) is 0 Å². The summed E-state index contributed by atoms with van der Waals surface area (Å²) in [5.74, 6) is 1.87. The Morgan fingerprint density at radius 1 is 1.33 bits per heavy atom. The molecule has 0 aliphatic heterocycles. The largest absolute Gasteiger partial charge is 0.497 e. The van der Waals surface area contributed by atoms with Crippen LogP contribution >= 0.6 is 0 Å². The van der Waals surface area contributed by atoms with Gasteiger partial charge < -0.3 is 15.4 Å². The summed E-state index contributed by atoms with van der Waals surface area (Å²) in [6.07, 6.45) is 4.12. The number of hydrogen-bond acceptors (Lipinski definition) is 3. The molecule has 1 fully saturated rings. The smallest absolute Gasteiger partial charge is 0.225 e. The topological polar surface area (TPSA) is 55.6 Å². The standard InChI is InChI=1S/C17H26N2O2/c1-19(12-14-4-3-5-16(10-14)21-2)17(20)15-8-6-13(11-18)7-9-15/h3-5,10,13,15H,6-9,11-12,18H2,1-2H3. The van der Waals surface area contributed by atoms with Crippen LogP contribution in [-0.4, -0.2) is 31.5 Å². The first-order valence-electron chi connectivity index (χ1n) is 7.72. The number of carbonyl (C=O) groups excluding carboxylic acids is 1. The van der Waals surface area contributed by atoms with Crippen LogP contribution in [0.2, 0.25) is 0 Å². The molecular weight excluding hydrogens is 264 g/mol. The molecule has 116 valence electrons. The van der Waals surface area contributed by atoms with Crippen LogP contribution in [0.15, 0.2) is 24.3 Å². The average molecular weight is 290 g/mol. The van der Waals surface area contributed by atoms with Crippen molar-refractivity contribution < 1.29 is 9.53 Å². The number of methoxy groups -OCH3 is 1. The summed E-state index contributed by atoms with van der Waals surface area (Å²) < 4.78 is 5.22. The van der Waals surface area contributed by atoms with Gasteiger partial charge in [0.1, 0.15) is 5.75 Å². The van der Waals surface area contributed by atoms with Crippen molar-refractivity contribution in [1.29, 1.82) is 0 Å². The van der Waals surface area contributed by atoms with Crippen molar-refractivity contribution in [2.75, 3.05) is 20.7 Å². The molecule has 1 aromatic carbocycles. The predicted octanol–water partition coefficient (Wildman–Crippen LogP) is 2.42. The van der Waals surface area contributed by atoms with Gasteiger partial charge in [0.05, 0.1) is 7.11 Å². The minimum Gasteiger partial charge on any atom is -0.497 e. The van der Waals surface area contributed by atoms with Crippen molar-refractivity contribution >= 4 is 5.91 Å². The summed E-state index contributed by atoms with van der Waals surface area (Å²) in [5, 5.41) is 0. The molecular formula is C17H26N2O2. The van der Waals surface area contributed by atoms with E-state index < -0.39 is 0 Å². The Morgan fingerprint density at radius 3 is 2.67 bits per heavy atom. The van der Waals surface area contributed by atoms with Crippen molar-refractivity contribution in [2.45, 2.75) is 32.2 Å². The van der Waals surface area contributed by atoms with E-state index in [0.717, 1.165) is 43.5 Å². The van der Waals surface area contributed by atoms with Crippen LogP contribution in [0.25, 0.3) is 0 Å². The van der Waals surface area contributed by atoms with Crippen LogP contribution < -0.4 is 10.5 Å². The molecule has 4 heteroatoms. The molecule has 2 N–H and O–H groups in total. The van der Waals surface area contributed by atoms with Gasteiger partial charge in [0.25, 0.3) is 0 Å². The van der Waals surface area contributed by atoms with Crippen molar-refractivity contribution in [3.05, 3.63) is 29.8 Å². The Kier molecular flexibility index (Phi) is 5.62. The fourth-order valence-electron chi connectivity index (χ4n) is 3.08. The summed E-state index contributed by atoms with van der Waals surface area (Å²) in [5.41, 5.74) is 6.80.